The molecule has 0 bridgehead atoms. The first-order chi connectivity index (χ1) is 14.4. The normalized spacial score (nSPS) is 18.6. The van der Waals surface area contributed by atoms with Crippen molar-refractivity contribution in [2.24, 2.45) is 0 Å². The number of ether oxygens (including phenoxy) is 1. The van der Waals surface area contributed by atoms with Crippen molar-refractivity contribution < 1.29 is 19.1 Å². The van der Waals surface area contributed by atoms with E-state index >= 15 is 0 Å². The van der Waals surface area contributed by atoms with E-state index in [-0.39, 0.29) is 36.1 Å². The number of aryl methyl sites for hydroxylation is 1. The maximum Gasteiger partial charge on any atom is 0.340 e. The summed E-state index contributed by atoms with van der Waals surface area (Å²) in [6.07, 6.45) is 3.01. The van der Waals surface area contributed by atoms with E-state index in [4.69, 9.17) is 4.74 Å². The molecule has 1 heterocycles. The van der Waals surface area contributed by atoms with E-state index in [2.05, 4.69) is 5.32 Å². The van der Waals surface area contributed by atoms with E-state index in [1.165, 1.54) is 0 Å². The molecule has 0 radical (unpaired) electrons. The Hall–Kier alpha value is -3.15. The highest BCUT2D eigenvalue weighted by Crippen LogP contribution is 2.23. The summed E-state index contributed by atoms with van der Waals surface area (Å²) in [5.74, 6) is -1.14. The predicted molar refractivity (Wildman–Crippen MR) is 115 cm³/mol. The van der Waals surface area contributed by atoms with Crippen LogP contribution in [-0.4, -0.2) is 41.4 Å². The Morgan fingerprint density at radius 2 is 1.73 bits per heavy atom. The third-order valence-corrected chi connectivity index (χ3v) is 5.48. The minimum absolute atomic E-state index is 0.140. The number of nitrogens with zero attached hydrogens (tertiary/aromatic N) is 1. The van der Waals surface area contributed by atoms with Gasteiger partial charge < -0.3 is 15.0 Å². The van der Waals surface area contributed by atoms with Gasteiger partial charge in [-0.3, -0.25) is 9.59 Å². The van der Waals surface area contributed by atoms with Gasteiger partial charge in [-0.05, 0) is 64.3 Å². The third kappa shape index (κ3) is 5.06. The van der Waals surface area contributed by atoms with Gasteiger partial charge in [0.05, 0.1) is 11.3 Å². The molecular weight excluding hydrogens is 380 g/mol. The molecule has 2 aromatic carbocycles. The van der Waals surface area contributed by atoms with Crippen molar-refractivity contribution in [3.8, 4) is 0 Å². The van der Waals surface area contributed by atoms with E-state index in [1.54, 1.807) is 42.5 Å². The summed E-state index contributed by atoms with van der Waals surface area (Å²) in [7, 11) is 0. The number of hydrogen-bond donors (Lipinski definition) is 1. The second kappa shape index (κ2) is 9.57. The number of amides is 2. The minimum Gasteiger partial charge on any atom is -0.452 e. The maximum atomic E-state index is 12.6. The number of carbonyl (C=O) groups excluding carboxylic acids is 3. The number of rotatable bonds is 5. The lowest BCUT2D eigenvalue weighted by molar-refractivity contribution is -0.140. The van der Waals surface area contributed by atoms with Gasteiger partial charge in [0.1, 0.15) is 0 Å². The fourth-order valence-corrected chi connectivity index (χ4v) is 3.94. The van der Waals surface area contributed by atoms with Crippen molar-refractivity contribution in [3.05, 3.63) is 65.2 Å². The van der Waals surface area contributed by atoms with Crippen LogP contribution in [0.5, 0.6) is 0 Å². The number of anilines is 1. The third-order valence-electron chi connectivity index (χ3n) is 5.48. The zero-order valence-electron chi connectivity index (χ0n) is 17.7. The Bertz CT molecular complexity index is 930. The SMILES string of the molecule is Cc1cccc(C(=O)Nc2ccccc2C(=O)OCC(=O)N2[C@@H](C)CCC[C@@H]2C)c1. The molecule has 1 aliphatic heterocycles. The van der Waals surface area contributed by atoms with Crippen molar-refractivity contribution in [1.82, 2.24) is 4.90 Å². The van der Waals surface area contributed by atoms with E-state index in [0.717, 1.165) is 24.8 Å². The second-order valence-electron chi connectivity index (χ2n) is 7.88. The van der Waals surface area contributed by atoms with Gasteiger partial charge in [-0.2, -0.15) is 0 Å². The summed E-state index contributed by atoms with van der Waals surface area (Å²) < 4.78 is 5.31. The number of likely N-dealkylation sites (tertiary alicyclic amines) is 1. The largest absolute Gasteiger partial charge is 0.452 e. The van der Waals surface area contributed by atoms with Gasteiger partial charge in [-0.1, -0.05) is 29.8 Å². The second-order valence-corrected chi connectivity index (χ2v) is 7.88. The summed E-state index contributed by atoms with van der Waals surface area (Å²) in [5.41, 5.74) is 2.03. The monoisotopic (exact) mass is 408 g/mol. The highest BCUT2D eigenvalue weighted by Gasteiger charge is 2.29. The van der Waals surface area contributed by atoms with Crippen molar-refractivity contribution in [3.63, 3.8) is 0 Å². The summed E-state index contributed by atoms with van der Waals surface area (Å²) in [6.45, 7) is 5.63. The Kier molecular flexibility index (Phi) is 6.87. The standard InChI is InChI=1S/C24H28N2O4/c1-16-8-6-11-19(14-16)23(28)25-21-13-5-4-12-20(21)24(29)30-15-22(27)26-17(2)9-7-10-18(26)3/h4-6,8,11-14,17-18H,7,9-10,15H2,1-3H3,(H,25,28)/t17-,18-/m0/s1. The first kappa shape index (κ1) is 21.6. The summed E-state index contributed by atoms with van der Waals surface area (Å²) in [6, 6.07) is 14.1. The molecule has 30 heavy (non-hydrogen) atoms. The lowest BCUT2D eigenvalue weighted by Crippen LogP contribution is -2.49. The number of nitrogens with one attached hydrogen (secondary N) is 1. The van der Waals surface area contributed by atoms with Gasteiger partial charge in [-0.25, -0.2) is 4.79 Å². The van der Waals surface area contributed by atoms with Gasteiger partial charge in [0, 0.05) is 17.6 Å². The quantitative estimate of drug-likeness (QED) is 0.753. The number of benzene rings is 2. The lowest BCUT2D eigenvalue weighted by Gasteiger charge is -2.38. The number of piperidine rings is 1. The number of esters is 1. The molecule has 3 rings (SSSR count). The molecule has 0 unspecified atom stereocenters. The van der Waals surface area contributed by atoms with Crippen LogP contribution in [0.3, 0.4) is 0 Å². The van der Waals surface area contributed by atoms with Crippen LogP contribution in [0.2, 0.25) is 0 Å². The van der Waals surface area contributed by atoms with Crippen LogP contribution in [-0.2, 0) is 9.53 Å². The Morgan fingerprint density at radius 3 is 2.43 bits per heavy atom. The molecule has 1 fully saturated rings. The summed E-state index contributed by atoms with van der Waals surface area (Å²) in [5, 5.41) is 2.76. The molecule has 1 N–H and O–H groups in total. The smallest absolute Gasteiger partial charge is 0.340 e. The molecule has 0 spiro atoms. The Morgan fingerprint density at radius 1 is 1.03 bits per heavy atom. The zero-order chi connectivity index (χ0) is 21.7. The van der Waals surface area contributed by atoms with Gasteiger partial charge in [0.15, 0.2) is 6.61 Å². The Labute approximate surface area is 177 Å². The van der Waals surface area contributed by atoms with E-state index in [0.29, 0.717) is 11.3 Å². The van der Waals surface area contributed by atoms with Crippen molar-refractivity contribution in [2.75, 3.05) is 11.9 Å². The summed E-state index contributed by atoms with van der Waals surface area (Å²) in [4.78, 5) is 39.6. The number of hydrogen-bond acceptors (Lipinski definition) is 4. The minimum atomic E-state index is -0.638. The summed E-state index contributed by atoms with van der Waals surface area (Å²) >= 11 is 0. The van der Waals surface area contributed by atoms with Gasteiger partial charge in [-0.15, -0.1) is 0 Å². The fourth-order valence-electron chi connectivity index (χ4n) is 3.94. The first-order valence-electron chi connectivity index (χ1n) is 10.3. The van der Waals surface area contributed by atoms with Gasteiger partial charge in [0.2, 0.25) is 0 Å². The predicted octanol–water partition coefficient (Wildman–Crippen LogP) is 4.19. The van der Waals surface area contributed by atoms with Crippen LogP contribution in [0.1, 0.15) is 59.4 Å². The lowest BCUT2D eigenvalue weighted by atomic mass is 9.97. The molecule has 6 nitrogen and oxygen atoms in total. The van der Waals surface area contributed by atoms with Crippen LogP contribution >= 0.6 is 0 Å². The first-order valence-corrected chi connectivity index (χ1v) is 10.3. The molecule has 2 atom stereocenters. The molecular formula is C24H28N2O4. The zero-order valence-corrected chi connectivity index (χ0v) is 17.7. The highest BCUT2D eigenvalue weighted by atomic mass is 16.5. The van der Waals surface area contributed by atoms with Crippen molar-refractivity contribution in [1.29, 1.82) is 0 Å². The average molecular weight is 408 g/mol. The van der Waals surface area contributed by atoms with Crippen LogP contribution < -0.4 is 5.32 Å². The molecule has 158 valence electrons. The molecule has 2 amide bonds. The van der Waals surface area contributed by atoms with E-state index in [9.17, 15) is 14.4 Å². The highest BCUT2D eigenvalue weighted by molar-refractivity contribution is 6.08. The topological polar surface area (TPSA) is 75.7 Å². The molecule has 1 saturated heterocycles. The van der Waals surface area contributed by atoms with Crippen LogP contribution in [0.4, 0.5) is 5.69 Å². The Balaban J connectivity index is 1.67. The molecule has 0 saturated carbocycles. The van der Waals surface area contributed by atoms with Crippen molar-refractivity contribution >= 4 is 23.5 Å². The number of para-hydroxylation sites is 1. The van der Waals surface area contributed by atoms with Crippen LogP contribution in [0, 0.1) is 6.92 Å². The fraction of sp³-hybridized carbons (Fsp3) is 0.375. The number of carbonyl (C=O) groups is 3. The maximum absolute atomic E-state index is 12.6. The molecule has 0 aliphatic carbocycles. The van der Waals surface area contributed by atoms with Gasteiger partial charge >= 0.3 is 5.97 Å². The molecule has 0 aromatic heterocycles. The van der Waals surface area contributed by atoms with Crippen molar-refractivity contribution in [2.45, 2.75) is 52.1 Å². The molecule has 6 heteroatoms. The van der Waals surface area contributed by atoms with Crippen LogP contribution in [0.15, 0.2) is 48.5 Å². The van der Waals surface area contributed by atoms with E-state index < -0.39 is 5.97 Å². The van der Waals surface area contributed by atoms with E-state index in [1.807, 2.05) is 31.7 Å². The average Bonchev–Trinajstić information content (AvgIpc) is 2.72. The van der Waals surface area contributed by atoms with Gasteiger partial charge in [0.25, 0.3) is 11.8 Å². The molecule has 1 aliphatic rings. The van der Waals surface area contributed by atoms with Crippen LogP contribution in [0.25, 0.3) is 0 Å². The molecule has 2 aromatic rings.